The van der Waals surface area contributed by atoms with Gasteiger partial charge in [-0.3, -0.25) is 18.7 Å². The van der Waals surface area contributed by atoms with Crippen molar-refractivity contribution >= 4 is 28.4 Å². The fourth-order valence-corrected chi connectivity index (χ4v) is 3.74. The highest BCUT2D eigenvalue weighted by atomic mass is 16.2. The molecule has 0 saturated carbocycles. The summed E-state index contributed by atoms with van der Waals surface area (Å²) in [7, 11) is 2.93. The Balaban J connectivity index is 1.47. The Kier molecular flexibility index (Phi) is 4.47. The zero-order valence-corrected chi connectivity index (χ0v) is 17.4. The van der Waals surface area contributed by atoms with Gasteiger partial charge in [0.05, 0.1) is 17.7 Å². The Hall–Kier alpha value is -4.47. The molecule has 5 rings (SSSR count). The number of amides is 1. The molecule has 0 bridgehead atoms. The molecule has 0 atom stereocenters. The van der Waals surface area contributed by atoms with Gasteiger partial charge < -0.3 is 14.3 Å². The van der Waals surface area contributed by atoms with E-state index in [9.17, 15) is 14.4 Å². The predicted octanol–water partition coefficient (Wildman–Crippen LogP) is 1.39. The van der Waals surface area contributed by atoms with E-state index in [4.69, 9.17) is 0 Å². The third-order valence-corrected chi connectivity index (χ3v) is 5.37. The van der Waals surface area contributed by atoms with Gasteiger partial charge in [0.25, 0.3) is 5.56 Å². The van der Waals surface area contributed by atoms with Crippen LogP contribution in [0.2, 0.25) is 0 Å². The Bertz CT molecular complexity index is 1590. The Morgan fingerprint density at radius 3 is 2.62 bits per heavy atom. The van der Waals surface area contributed by atoms with Gasteiger partial charge in [-0.2, -0.15) is 0 Å². The lowest BCUT2D eigenvalue weighted by Crippen LogP contribution is -2.37. The fraction of sp³-hybridized carbons (Fsp3) is 0.136. The molecule has 0 aliphatic heterocycles. The quantitative estimate of drug-likeness (QED) is 0.464. The average molecular weight is 429 g/mol. The molecule has 10 nitrogen and oxygen atoms in total. The molecule has 4 heterocycles. The molecular formula is C22H19N7O3. The van der Waals surface area contributed by atoms with Gasteiger partial charge in [-0.15, -0.1) is 0 Å². The summed E-state index contributed by atoms with van der Waals surface area (Å²) in [6.45, 7) is -0.135. The van der Waals surface area contributed by atoms with E-state index in [0.717, 1.165) is 21.5 Å². The number of hydrogen-bond donors (Lipinski definition) is 1. The van der Waals surface area contributed by atoms with Crippen LogP contribution in [0.15, 0.2) is 70.8 Å². The number of nitrogens with one attached hydrogen (secondary N) is 1. The van der Waals surface area contributed by atoms with Crippen LogP contribution in [0.4, 0.5) is 5.69 Å². The third-order valence-electron chi connectivity index (χ3n) is 5.37. The van der Waals surface area contributed by atoms with Crippen molar-refractivity contribution in [3.8, 4) is 11.3 Å². The smallest absolute Gasteiger partial charge is 0.324 e. The number of para-hydroxylation sites is 1. The number of rotatable bonds is 4. The van der Waals surface area contributed by atoms with E-state index in [2.05, 4.69) is 15.3 Å². The average Bonchev–Trinajstić information content (AvgIpc) is 3.41. The molecule has 1 aromatic carbocycles. The van der Waals surface area contributed by atoms with Gasteiger partial charge >= 0.3 is 5.69 Å². The lowest BCUT2D eigenvalue weighted by Gasteiger charge is -2.10. The first-order chi connectivity index (χ1) is 15.4. The minimum Gasteiger partial charge on any atom is -0.324 e. The van der Waals surface area contributed by atoms with Gasteiger partial charge in [0, 0.05) is 32.1 Å². The second-order valence-electron chi connectivity index (χ2n) is 7.44. The lowest BCUT2D eigenvalue weighted by atomic mass is 10.1. The van der Waals surface area contributed by atoms with Crippen molar-refractivity contribution in [2.75, 3.05) is 5.32 Å². The first-order valence-corrected chi connectivity index (χ1v) is 9.88. The molecule has 1 amide bonds. The van der Waals surface area contributed by atoms with Crippen molar-refractivity contribution in [3.05, 3.63) is 82.0 Å². The van der Waals surface area contributed by atoms with Crippen LogP contribution in [-0.4, -0.2) is 34.0 Å². The van der Waals surface area contributed by atoms with Crippen LogP contribution in [0.1, 0.15) is 0 Å². The summed E-state index contributed by atoms with van der Waals surface area (Å²) in [6, 6.07) is 13.1. The van der Waals surface area contributed by atoms with E-state index in [1.807, 2.05) is 53.2 Å². The van der Waals surface area contributed by atoms with Crippen LogP contribution < -0.4 is 16.6 Å². The van der Waals surface area contributed by atoms with E-state index < -0.39 is 11.2 Å². The van der Waals surface area contributed by atoms with Gasteiger partial charge in [-0.1, -0.05) is 24.3 Å². The maximum Gasteiger partial charge on any atom is 0.332 e. The van der Waals surface area contributed by atoms with E-state index >= 15 is 0 Å². The molecule has 0 fully saturated rings. The van der Waals surface area contributed by atoms with Crippen LogP contribution in [0, 0.1) is 0 Å². The molecule has 0 unspecified atom stereocenters. The first kappa shape index (κ1) is 19.5. The number of pyridine rings is 1. The second kappa shape index (κ2) is 7.34. The predicted molar refractivity (Wildman–Crippen MR) is 119 cm³/mol. The summed E-state index contributed by atoms with van der Waals surface area (Å²) >= 11 is 0. The number of hydrogen-bond acceptors (Lipinski definition) is 5. The molecule has 160 valence electrons. The third kappa shape index (κ3) is 3.09. The maximum atomic E-state index is 12.9. The summed E-state index contributed by atoms with van der Waals surface area (Å²) in [5, 5.41) is 2.90. The lowest BCUT2D eigenvalue weighted by molar-refractivity contribution is -0.116. The Morgan fingerprint density at radius 2 is 1.81 bits per heavy atom. The van der Waals surface area contributed by atoms with Gasteiger partial charge in [-0.25, -0.2) is 14.8 Å². The van der Waals surface area contributed by atoms with Crippen molar-refractivity contribution in [2.45, 2.75) is 6.54 Å². The zero-order chi connectivity index (χ0) is 22.4. The maximum absolute atomic E-state index is 12.9. The minimum atomic E-state index is -0.501. The standard InChI is InChI=1S/C22H19N7O3/c1-26-20-19(21(31)27(2)22(26)32)29(13-23-20)12-18(30)25-15-8-4-3-7-14(15)16-11-28-10-6-5-9-17(28)24-16/h3-11,13H,12H2,1-2H3,(H,25,30). The van der Waals surface area contributed by atoms with Gasteiger partial charge in [-0.05, 0) is 18.2 Å². The van der Waals surface area contributed by atoms with Crippen molar-refractivity contribution in [3.63, 3.8) is 0 Å². The normalized spacial score (nSPS) is 11.3. The van der Waals surface area contributed by atoms with Gasteiger partial charge in [0.15, 0.2) is 11.2 Å². The van der Waals surface area contributed by atoms with E-state index in [-0.39, 0.29) is 23.6 Å². The van der Waals surface area contributed by atoms with Gasteiger partial charge in [0.2, 0.25) is 5.91 Å². The Morgan fingerprint density at radius 1 is 1.03 bits per heavy atom. The van der Waals surface area contributed by atoms with Crippen molar-refractivity contribution in [1.29, 1.82) is 0 Å². The van der Waals surface area contributed by atoms with E-state index in [1.54, 1.807) is 6.07 Å². The van der Waals surface area contributed by atoms with Crippen LogP contribution in [-0.2, 0) is 25.4 Å². The molecule has 4 aromatic heterocycles. The highest BCUT2D eigenvalue weighted by Gasteiger charge is 2.17. The molecule has 0 aliphatic carbocycles. The molecule has 32 heavy (non-hydrogen) atoms. The van der Waals surface area contributed by atoms with Crippen molar-refractivity contribution in [1.82, 2.24) is 28.1 Å². The molecular weight excluding hydrogens is 410 g/mol. The number of benzene rings is 1. The SMILES string of the molecule is Cn1c(=O)c2c(ncn2CC(=O)Nc2ccccc2-c2cn3ccccc3n2)n(C)c1=O. The topological polar surface area (TPSA) is 108 Å². The Labute approximate surface area is 181 Å². The summed E-state index contributed by atoms with van der Waals surface area (Å²) in [4.78, 5) is 46.3. The van der Waals surface area contributed by atoms with Crippen molar-refractivity contribution in [2.24, 2.45) is 14.1 Å². The number of carbonyl (C=O) groups excluding carboxylic acids is 1. The first-order valence-electron chi connectivity index (χ1n) is 9.88. The summed E-state index contributed by atoms with van der Waals surface area (Å²) in [6.07, 6.45) is 5.19. The molecule has 0 saturated heterocycles. The minimum absolute atomic E-state index is 0.135. The highest BCUT2D eigenvalue weighted by Crippen LogP contribution is 2.27. The number of fused-ring (bicyclic) bond motifs is 2. The molecule has 0 radical (unpaired) electrons. The summed E-state index contributed by atoms with van der Waals surface area (Å²) in [5.41, 5.74) is 2.36. The molecule has 5 aromatic rings. The van der Waals surface area contributed by atoms with E-state index in [0.29, 0.717) is 5.69 Å². The van der Waals surface area contributed by atoms with E-state index in [1.165, 1.54) is 29.6 Å². The van der Waals surface area contributed by atoms with Crippen molar-refractivity contribution < 1.29 is 4.79 Å². The van der Waals surface area contributed by atoms with Crippen LogP contribution in [0.3, 0.4) is 0 Å². The monoisotopic (exact) mass is 429 g/mol. The molecule has 0 aliphatic rings. The number of aryl methyl sites for hydroxylation is 1. The molecule has 10 heteroatoms. The summed E-state index contributed by atoms with van der Waals surface area (Å²) < 4.78 is 5.63. The van der Waals surface area contributed by atoms with Crippen LogP contribution in [0.5, 0.6) is 0 Å². The number of carbonyl (C=O) groups is 1. The largest absolute Gasteiger partial charge is 0.332 e. The fourth-order valence-electron chi connectivity index (χ4n) is 3.74. The summed E-state index contributed by atoms with van der Waals surface area (Å²) in [5.74, 6) is -0.337. The van der Waals surface area contributed by atoms with Gasteiger partial charge in [0.1, 0.15) is 12.2 Å². The van der Waals surface area contributed by atoms with Crippen LogP contribution in [0.25, 0.3) is 28.1 Å². The number of anilines is 1. The molecule has 0 spiro atoms. The number of aromatic nitrogens is 6. The number of nitrogens with zero attached hydrogens (tertiary/aromatic N) is 6. The second-order valence-corrected chi connectivity index (χ2v) is 7.44. The molecule has 1 N–H and O–H groups in total. The zero-order valence-electron chi connectivity index (χ0n) is 17.4. The van der Waals surface area contributed by atoms with Crippen LogP contribution >= 0.6 is 0 Å². The number of imidazole rings is 2. The highest BCUT2D eigenvalue weighted by molar-refractivity contribution is 5.95.